The smallest absolute Gasteiger partial charge is 0.337 e. The molecule has 0 bridgehead atoms. The Kier molecular flexibility index (Phi) is 7.29. The van der Waals surface area contributed by atoms with Crippen LogP contribution in [0.1, 0.15) is 15.9 Å². The first kappa shape index (κ1) is 15.3. The number of ether oxygens (including phenoxy) is 1. The van der Waals surface area contributed by atoms with Crippen molar-refractivity contribution in [2.45, 2.75) is 6.92 Å². The van der Waals surface area contributed by atoms with Crippen LogP contribution in [0.15, 0.2) is 18.2 Å². The maximum atomic E-state index is 12.7. The van der Waals surface area contributed by atoms with Crippen molar-refractivity contribution in [1.29, 1.82) is 0 Å². The third kappa shape index (κ3) is 6.05. The van der Waals surface area contributed by atoms with Gasteiger partial charge in [0, 0.05) is 21.4 Å². The Bertz CT molecular complexity index is 394. The molecule has 1 aromatic carbocycles. The zero-order chi connectivity index (χ0) is 12.7. The fourth-order valence-electron chi connectivity index (χ4n) is 0.890. The lowest BCUT2D eigenvalue weighted by atomic mass is 10.1. The van der Waals surface area contributed by atoms with Crippen molar-refractivity contribution in [2.75, 3.05) is 7.11 Å². The van der Waals surface area contributed by atoms with E-state index in [2.05, 4.69) is 26.1 Å². The van der Waals surface area contributed by atoms with E-state index in [1.165, 1.54) is 25.3 Å². The standard InChI is InChI=1S/C9H9FO2.Cl2OS/c1-6-5-7(9(11)12-2)3-4-8(6)10;1-4(2)3/h3-5H,1-2H3;. The van der Waals surface area contributed by atoms with Crippen molar-refractivity contribution < 1.29 is 18.1 Å². The van der Waals surface area contributed by atoms with Crippen LogP contribution in [0.25, 0.3) is 0 Å². The van der Waals surface area contributed by atoms with Crippen molar-refractivity contribution in [1.82, 2.24) is 0 Å². The first-order valence-electron chi connectivity index (χ1n) is 3.97. The normalized spacial score (nSPS) is 9.38. The fraction of sp³-hybridized carbons (Fsp3) is 0.222. The zero-order valence-corrected chi connectivity index (χ0v) is 10.8. The molecular weight excluding hydrogens is 278 g/mol. The van der Waals surface area contributed by atoms with E-state index in [1.54, 1.807) is 6.92 Å². The third-order valence-corrected chi connectivity index (χ3v) is 1.58. The lowest BCUT2D eigenvalue weighted by Crippen LogP contribution is -2.01. The van der Waals surface area contributed by atoms with Crippen molar-refractivity contribution in [3.63, 3.8) is 0 Å². The molecule has 1 aromatic rings. The van der Waals surface area contributed by atoms with Crippen molar-refractivity contribution >= 4 is 36.6 Å². The number of aryl methyl sites for hydroxylation is 1. The first-order valence-corrected chi connectivity index (χ1v) is 6.77. The van der Waals surface area contributed by atoms with Gasteiger partial charge in [0.15, 0.2) is 0 Å². The molecule has 0 atom stereocenters. The molecule has 0 unspecified atom stereocenters. The quantitative estimate of drug-likeness (QED) is 0.589. The van der Waals surface area contributed by atoms with E-state index in [4.69, 9.17) is 4.21 Å². The number of hydrogen-bond acceptors (Lipinski definition) is 3. The van der Waals surface area contributed by atoms with Gasteiger partial charge in [-0.3, -0.25) is 0 Å². The average Bonchev–Trinajstić information content (AvgIpc) is 2.20. The molecule has 0 saturated carbocycles. The summed E-state index contributed by atoms with van der Waals surface area (Å²) < 4.78 is 26.3. The fourth-order valence-corrected chi connectivity index (χ4v) is 0.890. The summed E-state index contributed by atoms with van der Waals surface area (Å²) in [5.74, 6) is -0.763. The Labute approximate surface area is 104 Å². The molecule has 0 amide bonds. The molecular formula is C9H9Cl2FO3S. The van der Waals surface area contributed by atoms with Gasteiger partial charge in [-0.25, -0.2) is 13.4 Å². The molecule has 1 rings (SSSR count). The SMILES string of the molecule is COC(=O)c1ccc(F)c(C)c1.O=S(Cl)Cl. The Balaban J connectivity index is 0.000000487. The van der Waals surface area contributed by atoms with Gasteiger partial charge in [0.25, 0.3) is 0 Å². The molecule has 0 radical (unpaired) electrons. The third-order valence-electron chi connectivity index (χ3n) is 1.58. The average molecular weight is 287 g/mol. The maximum Gasteiger partial charge on any atom is 0.337 e. The molecule has 0 aliphatic rings. The molecule has 0 N–H and O–H groups in total. The topological polar surface area (TPSA) is 43.4 Å². The van der Waals surface area contributed by atoms with E-state index in [1.807, 2.05) is 0 Å². The number of carbonyl (C=O) groups is 1. The molecule has 7 heteroatoms. The number of carbonyl (C=O) groups excluding carboxylic acids is 1. The second-order valence-corrected chi connectivity index (χ2v) is 5.16. The lowest BCUT2D eigenvalue weighted by molar-refractivity contribution is 0.0600. The van der Waals surface area contributed by atoms with E-state index >= 15 is 0 Å². The monoisotopic (exact) mass is 286 g/mol. The molecule has 0 fully saturated rings. The number of esters is 1. The van der Waals surface area contributed by atoms with E-state index in [-0.39, 0.29) is 5.82 Å². The number of benzene rings is 1. The molecule has 0 aliphatic carbocycles. The van der Waals surface area contributed by atoms with Crippen LogP contribution >= 0.6 is 21.4 Å². The van der Waals surface area contributed by atoms with Gasteiger partial charge in [0.2, 0.25) is 9.23 Å². The lowest BCUT2D eigenvalue weighted by Gasteiger charge is -2.00. The van der Waals surface area contributed by atoms with Crippen LogP contribution in [0, 0.1) is 12.7 Å². The summed E-state index contributed by atoms with van der Waals surface area (Å²) in [6.07, 6.45) is 0. The van der Waals surface area contributed by atoms with Crippen LogP contribution in [0.3, 0.4) is 0 Å². The Morgan fingerprint density at radius 1 is 1.44 bits per heavy atom. The minimum Gasteiger partial charge on any atom is -0.465 e. The van der Waals surface area contributed by atoms with Crippen molar-refractivity contribution in [3.05, 3.63) is 35.1 Å². The molecule has 3 nitrogen and oxygen atoms in total. The summed E-state index contributed by atoms with van der Waals surface area (Å²) in [5, 5.41) is 0. The van der Waals surface area contributed by atoms with E-state index < -0.39 is 15.2 Å². The molecule has 16 heavy (non-hydrogen) atoms. The second kappa shape index (κ2) is 7.60. The molecule has 0 spiro atoms. The van der Waals surface area contributed by atoms with E-state index in [0.29, 0.717) is 11.1 Å². The minimum atomic E-state index is -1.67. The van der Waals surface area contributed by atoms with Gasteiger partial charge in [-0.05, 0) is 30.7 Å². The van der Waals surface area contributed by atoms with Gasteiger partial charge in [0.05, 0.1) is 12.7 Å². The molecule has 0 saturated heterocycles. The van der Waals surface area contributed by atoms with Gasteiger partial charge in [0.1, 0.15) is 5.82 Å². The predicted molar refractivity (Wildman–Crippen MR) is 62.3 cm³/mol. The number of methoxy groups -OCH3 is 1. The largest absolute Gasteiger partial charge is 0.465 e. The van der Waals surface area contributed by atoms with Crippen LogP contribution < -0.4 is 0 Å². The Morgan fingerprint density at radius 3 is 2.31 bits per heavy atom. The first-order chi connectivity index (χ1) is 7.38. The maximum absolute atomic E-state index is 12.7. The molecule has 0 aromatic heterocycles. The highest BCUT2D eigenvalue weighted by molar-refractivity contribution is 8.26. The molecule has 90 valence electrons. The number of halogens is 3. The van der Waals surface area contributed by atoms with Crippen molar-refractivity contribution in [2.24, 2.45) is 0 Å². The van der Waals surface area contributed by atoms with Gasteiger partial charge >= 0.3 is 5.97 Å². The zero-order valence-electron chi connectivity index (χ0n) is 8.50. The van der Waals surface area contributed by atoms with Crippen LogP contribution in [-0.2, 0) is 14.0 Å². The number of rotatable bonds is 1. The Morgan fingerprint density at radius 2 is 1.94 bits per heavy atom. The summed E-state index contributed by atoms with van der Waals surface area (Å²) in [4.78, 5) is 10.9. The van der Waals surface area contributed by atoms with Gasteiger partial charge in [-0.2, -0.15) is 0 Å². The highest BCUT2D eigenvalue weighted by atomic mass is 36.0. The Hall–Kier alpha value is -0.650. The highest BCUT2D eigenvalue weighted by Gasteiger charge is 2.06. The minimum absolute atomic E-state index is 0.317. The summed E-state index contributed by atoms with van der Waals surface area (Å²) in [6.45, 7) is 1.60. The van der Waals surface area contributed by atoms with Gasteiger partial charge in [-0.1, -0.05) is 0 Å². The summed E-state index contributed by atoms with van der Waals surface area (Å²) in [6, 6.07) is 4.11. The van der Waals surface area contributed by atoms with Crippen LogP contribution in [0.5, 0.6) is 0 Å². The molecule has 0 aliphatic heterocycles. The van der Waals surface area contributed by atoms with E-state index in [9.17, 15) is 9.18 Å². The summed E-state index contributed by atoms with van der Waals surface area (Å²) >= 11 is 0. The second-order valence-electron chi connectivity index (χ2n) is 2.64. The number of hydrogen-bond donors (Lipinski definition) is 0. The highest BCUT2D eigenvalue weighted by Crippen LogP contribution is 2.09. The van der Waals surface area contributed by atoms with Crippen molar-refractivity contribution in [3.8, 4) is 0 Å². The summed E-state index contributed by atoms with van der Waals surface area (Å²) in [7, 11) is 8.65. The van der Waals surface area contributed by atoms with Crippen LogP contribution in [-0.4, -0.2) is 17.3 Å². The van der Waals surface area contributed by atoms with Gasteiger partial charge < -0.3 is 4.74 Å². The predicted octanol–water partition coefficient (Wildman–Crippen LogP) is 2.96. The van der Waals surface area contributed by atoms with Crippen LogP contribution in [0.4, 0.5) is 4.39 Å². The molecule has 0 heterocycles. The summed E-state index contributed by atoms with van der Waals surface area (Å²) in [5.41, 5.74) is 0.814. The van der Waals surface area contributed by atoms with E-state index in [0.717, 1.165) is 0 Å². The van der Waals surface area contributed by atoms with Crippen LogP contribution in [0.2, 0.25) is 0 Å². The van der Waals surface area contributed by atoms with Gasteiger partial charge in [-0.15, -0.1) is 0 Å².